The van der Waals surface area contributed by atoms with E-state index in [9.17, 15) is 4.79 Å². The van der Waals surface area contributed by atoms with Gasteiger partial charge in [-0.15, -0.1) is 0 Å². The molecule has 94 valence electrons. The quantitative estimate of drug-likeness (QED) is 0.759. The molecule has 17 heavy (non-hydrogen) atoms. The van der Waals surface area contributed by atoms with E-state index in [-0.39, 0.29) is 12.5 Å². The Morgan fingerprint density at radius 2 is 2.18 bits per heavy atom. The van der Waals surface area contributed by atoms with E-state index in [2.05, 4.69) is 4.98 Å². The Kier molecular flexibility index (Phi) is 5.59. The van der Waals surface area contributed by atoms with Crippen molar-refractivity contribution in [2.45, 2.75) is 12.5 Å². The summed E-state index contributed by atoms with van der Waals surface area (Å²) in [4.78, 5) is 17.3. The Labute approximate surface area is 102 Å². The maximum Gasteiger partial charge on any atom is 0.241 e. The van der Waals surface area contributed by atoms with Crippen molar-refractivity contribution >= 4 is 5.91 Å². The summed E-state index contributed by atoms with van der Waals surface area (Å²) in [5, 5.41) is 0. The second kappa shape index (κ2) is 6.98. The van der Waals surface area contributed by atoms with Gasteiger partial charge in [0, 0.05) is 33.1 Å². The number of rotatable bonds is 6. The van der Waals surface area contributed by atoms with E-state index in [0.717, 1.165) is 12.0 Å². The number of amides is 1. The van der Waals surface area contributed by atoms with Crippen LogP contribution in [0.25, 0.3) is 0 Å². The molecule has 1 aromatic rings. The lowest BCUT2D eigenvalue weighted by atomic mass is 10.2. The number of ether oxygens (including phenoxy) is 1. The van der Waals surface area contributed by atoms with Crippen molar-refractivity contribution in [2.24, 2.45) is 5.73 Å². The molecule has 0 aliphatic carbocycles. The van der Waals surface area contributed by atoms with E-state index >= 15 is 0 Å². The fourth-order valence-electron chi connectivity index (χ4n) is 1.49. The van der Waals surface area contributed by atoms with Gasteiger partial charge in [-0.05, 0) is 24.1 Å². The lowest BCUT2D eigenvalue weighted by Gasteiger charge is -2.20. The summed E-state index contributed by atoms with van der Waals surface area (Å²) in [6.07, 6.45) is 4.28. The van der Waals surface area contributed by atoms with E-state index in [0.29, 0.717) is 6.54 Å². The molecule has 0 aromatic carbocycles. The monoisotopic (exact) mass is 237 g/mol. The molecule has 1 rings (SSSR count). The van der Waals surface area contributed by atoms with Gasteiger partial charge >= 0.3 is 0 Å². The third-order valence-electron chi connectivity index (χ3n) is 2.52. The number of hydrogen-bond donors (Lipinski definition) is 1. The first-order valence-electron chi connectivity index (χ1n) is 5.53. The molecule has 2 N–H and O–H groups in total. The molecule has 1 amide bonds. The summed E-state index contributed by atoms with van der Waals surface area (Å²) in [6.45, 7) is 0.888. The van der Waals surface area contributed by atoms with Crippen LogP contribution in [0.2, 0.25) is 0 Å². The van der Waals surface area contributed by atoms with Crippen LogP contribution in [-0.2, 0) is 16.0 Å². The Morgan fingerprint density at radius 1 is 1.53 bits per heavy atom. The number of aromatic nitrogens is 1. The molecule has 0 fully saturated rings. The molecule has 5 nitrogen and oxygen atoms in total. The van der Waals surface area contributed by atoms with Crippen LogP contribution in [0, 0.1) is 0 Å². The number of nitrogens with two attached hydrogens (primary N) is 1. The number of methoxy groups -OCH3 is 1. The predicted octanol–water partition coefficient (Wildman–Crippen LogP) is 0.0562. The first kappa shape index (κ1) is 13.6. The van der Waals surface area contributed by atoms with Gasteiger partial charge in [-0.1, -0.05) is 0 Å². The second-order valence-electron chi connectivity index (χ2n) is 3.93. The van der Waals surface area contributed by atoms with Crippen molar-refractivity contribution in [3.05, 3.63) is 30.1 Å². The predicted molar refractivity (Wildman–Crippen MR) is 65.4 cm³/mol. The molecule has 1 unspecified atom stereocenters. The normalized spacial score (nSPS) is 12.2. The van der Waals surface area contributed by atoms with Crippen LogP contribution in [0.1, 0.15) is 5.56 Å². The van der Waals surface area contributed by atoms with Crippen molar-refractivity contribution in [1.82, 2.24) is 9.88 Å². The van der Waals surface area contributed by atoms with Crippen LogP contribution in [0.5, 0.6) is 0 Å². The Morgan fingerprint density at radius 3 is 2.76 bits per heavy atom. The highest BCUT2D eigenvalue weighted by Crippen LogP contribution is 2.00. The average Bonchev–Trinajstić information content (AvgIpc) is 2.36. The van der Waals surface area contributed by atoms with Crippen molar-refractivity contribution in [3.63, 3.8) is 0 Å². The minimum Gasteiger partial charge on any atom is -0.383 e. The SMILES string of the molecule is COCC(N)C(=O)N(C)CCc1ccncc1. The average molecular weight is 237 g/mol. The van der Waals surface area contributed by atoms with E-state index in [1.54, 1.807) is 24.3 Å². The minimum atomic E-state index is -0.581. The van der Waals surface area contributed by atoms with Gasteiger partial charge in [0.2, 0.25) is 5.91 Å². The van der Waals surface area contributed by atoms with Gasteiger partial charge in [-0.25, -0.2) is 0 Å². The summed E-state index contributed by atoms with van der Waals surface area (Å²) in [5.74, 6) is -0.0964. The van der Waals surface area contributed by atoms with Gasteiger partial charge in [0.15, 0.2) is 0 Å². The molecule has 0 bridgehead atoms. The molecule has 0 spiro atoms. The van der Waals surface area contributed by atoms with Crippen LogP contribution in [-0.4, -0.2) is 49.1 Å². The van der Waals surface area contributed by atoms with Gasteiger partial charge in [0.05, 0.1) is 6.61 Å². The fourth-order valence-corrected chi connectivity index (χ4v) is 1.49. The van der Waals surface area contributed by atoms with E-state index < -0.39 is 6.04 Å². The van der Waals surface area contributed by atoms with Crippen LogP contribution in [0.15, 0.2) is 24.5 Å². The number of carbonyl (C=O) groups excluding carboxylic acids is 1. The second-order valence-corrected chi connectivity index (χ2v) is 3.93. The van der Waals surface area contributed by atoms with E-state index in [1.807, 2.05) is 12.1 Å². The Bertz CT molecular complexity index is 343. The van der Waals surface area contributed by atoms with Gasteiger partial charge in [0.25, 0.3) is 0 Å². The molecule has 0 aliphatic heterocycles. The molecule has 0 saturated heterocycles. The fraction of sp³-hybridized carbons (Fsp3) is 0.500. The summed E-state index contributed by atoms with van der Waals surface area (Å²) in [6, 6.07) is 3.29. The first-order chi connectivity index (χ1) is 8.15. The highest BCUT2D eigenvalue weighted by Gasteiger charge is 2.17. The van der Waals surface area contributed by atoms with Crippen LogP contribution in [0.4, 0.5) is 0 Å². The summed E-state index contributed by atoms with van der Waals surface area (Å²) >= 11 is 0. The Hall–Kier alpha value is -1.46. The van der Waals surface area contributed by atoms with Gasteiger partial charge in [0.1, 0.15) is 6.04 Å². The van der Waals surface area contributed by atoms with E-state index in [4.69, 9.17) is 10.5 Å². The maximum absolute atomic E-state index is 11.8. The molecule has 5 heteroatoms. The number of hydrogen-bond acceptors (Lipinski definition) is 4. The summed E-state index contributed by atoms with van der Waals surface area (Å²) in [7, 11) is 3.28. The van der Waals surface area contributed by atoms with Crippen molar-refractivity contribution in [3.8, 4) is 0 Å². The van der Waals surface area contributed by atoms with Crippen molar-refractivity contribution in [2.75, 3.05) is 27.3 Å². The number of likely N-dealkylation sites (N-methyl/N-ethyl adjacent to an activating group) is 1. The smallest absolute Gasteiger partial charge is 0.241 e. The maximum atomic E-state index is 11.8. The van der Waals surface area contributed by atoms with Gasteiger partial charge in [-0.3, -0.25) is 9.78 Å². The standard InChI is InChI=1S/C12H19N3O2/c1-15(12(16)11(13)9-17-2)8-5-10-3-6-14-7-4-10/h3-4,6-7,11H,5,8-9,13H2,1-2H3. The van der Waals surface area contributed by atoms with Crippen molar-refractivity contribution in [1.29, 1.82) is 0 Å². The zero-order valence-corrected chi connectivity index (χ0v) is 10.3. The number of nitrogens with zero attached hydrogens (tertiary/aromatic N) is 2. The third-order valence-corrected chi connectivity index (χ3v) is 2.52. The highest BCUT2D eigenvalue weighted by atomic mass is 16.5. The molecule has 1 heterocycles. The largest absolute Gasteiger partial charge is 0.383 e. The van der Waals surface area contributed by atoms with Crippen molar-refractivity contribution < 1.29 is 9.53 Å². The molecule has 1 aromatic heterocycles. The summed E-state index contributed by atoms with van der Waals surface area (Å²) < 4.78 is 4.86. The van der Waals surface area contributed by atoms with E-state index in [1.165, 1.54) is 7.11 Å². The van der Waals surface area contributed by atoms with Crippen LogP contribution in [0.3, 0.4) is 0 Å². The first-order valence-corrected chi connectivity index (χ1v) is 5.53. The molecule has 1 atom stereocenters. The summed E-state index contributed by atoms with van der Waals surface area (Å²) in [5.41, 5.74) is 6.82. The van der Waals surface area contributed by atoms with Gasteiger partial charge in [-0.2, -0.15) is 0 Å². The zero-order chi connectivity index (χ0) is 12.7. The lowest BCUT2D eigenvalue weighted by Crippen LogP contribution is -2.45. The Balaban J connectivity index is 2.39. The number of pyridine rings is 1. The minimum absolute atomic E-state index is 0.0964. The van der Waals surface area contributed by atoms with Crippen LogP contribution >= 0.6 is 0 Å². The highest BCUT2D eigenvalue weighted by molar-refractivity contribution is 5.81. The topological polar surface area (TPSA) is 68.5 Å². The molecular weight excluding hydrogens is 218 g/mol. The number of carbonyl (C=O) groups is 1. The molecule has 0 saturated carbocycles. The zero-order valence-electron chi connectivity index (χ0n) is 10.3. The van der Waals surface area contributed by atoms with Gasteiger partial charge < -0.3 is 15.4 Å². The molecular formula is C12H19N3O2. The van der Waals surface area contributed by atoms with Crippen LogP contribution < -0.4 is 5.73 Å². The lowest BCUT2D eigenvalue weighted by molar-refractivity contribution is -0.132. The third kappa shape index (κ3) is 4.50. The molecule has 0 aliphatic rings. The molecule has 0 radical (unpaired) electrons.